The first-order valence-corrected chi connectivity index (χ1v) is 5.50. The SMILES string of the molecule is CCC(C)(C)NCc1sccc1N. The van der Waals surface area contributed by atoms with Gasteiger partial charge in [-0.3, -0.25) is 0 Å². The third kappa shape index (κ3) is 3.01. The number of hydrogen-bond acceptors (Lipinski definition) is 3. The lowest BCUT2D eigenvalue weighted by molar-refractivity contribution is 0.376. The summed E-state index contributed by atoms with van der Waals surface area (Å²) in [6.45, 7) is 7.47. The van der Waals surface area contributed by atoms with Gasteiger partial charge in [0, 0.05) is 22.6 Å². The fourth-order valence-corrected chi connectivity index (χ4v) is 1.68. The highest BCUT2D eigenvalue weighted by molar-refractivity contribution is 7.10. The van der Waals surface area contributed by atoms with E-state index in [1.54, 1.807) is 11.3 Å². The van der Waals surface area contributed by atoms with E-state index < -0.39 is 0 Å². The molecular formula is C10H18N2S. The molecule has 0 spiro atoms. The van der Waals surface area contributed by atoms with Crippen LogP contribution in [-0.2, 0) is 6.54 Å². The molecule has 74 valence electrons. The zero-order valence-corrected chi connectivity index (χ0v) is 9.37. The van der Waals surface area contributed by atoms with E-state index in [9.17, 15) is 0 Å². The fraction of sp³-hybridized carbons (Fsp3) is 0.600. The van der Waals surface area contributed by atoms with E-state index >= 15 is 0 Å². The van der Waals surface area contributed by atoms with Crippen LogP contribution >= 0.6 is 11.3 Å². The van der Waals surface area contributed by atoms with E-state index in [0.29, 0.717) is 0 Å². The first-order chi connectivity index (χ1) is 6.05. The predicted octanol–water partition coefficient (Wildman–Crippen LogP) is 2.61. The van der Waals surface area contributed by atoms with Gasteiger partial charge in [0.15, 0.2) is 0 Å². The Morgan fingerprint density at radius 1 is 1.54 bits per heavy atom. The Balaban J connectivity index is 2.48. The summed E-state index contributed by atoms with van der Waals surface area (Å²) < 4.78 is 0. The van der Waals surface area contributed by atoms with Crippen molar-refractivity contribution in [3.05, 3.63) is 16.3 Å². The first-order valence-electron chi connectivity index (χ1n) is 4.62. The van der Waals surface area contributed by atoms with Crippen molar-refractivity contribution in [2.24, 2.45) is 0 Å². The molecule has 0 atom stereocenters. The normalized spacial score (nSPS) is 11.9. The van der Waals surface area contributed by atoms with Crippen LogP contribution in [0.25, 0.3) is 0 Å². The lowest BCUT2D eigenvalue weighted by Gasteiger charge is -2.24. The average molecular weight is 198 g/mol. The van der Waals surface area contributed by atoms with E-state index in [0.717, 1.165) is 18.7 Å². The average Bonchev–Trinajstić information content (AvgIpc) is 2.48. The van der Waals surface area contributed by atoms with Gasteiger partial charge in [0.05, 0.1) is 0 Å². The van der Waals surface area contributed by atoms with E-state index in [1.165, 1.54) is 4.88 Å². The van der Waals surface area contributed by atoms with Crippen LogP contribution in [0.4, 0.5) is 5.69 Å². The van der Waals surface area contributed by atoms with Crippen LogP contribution in [0.1, 0.15) is 32.1 Å². The number of rotatable bonds is 4. The molecule has 0 radical (unpaired) electrons. The minimum absolute atomic E-state index is 0.205. The summed E-state index contributed by atoms with van der Waals surface area (Å²) >= 11 is 1.71. The topological polar surface area (TPSA) is 38.0 Å². The first kappa shape index (κ1) is 10.5. The molecule has 3 heteroatoms. The molecule has 13 heavy (non-hydrogen) atoms. The quantitative estimate of drug-likeness (QED) is 0.780. The zero-order valence-electron chi connectivity index (χ0n) is 8.55. The third-order valence-corrected chi connectivity index (χ3v) is 3.33. The molecule has 0 unspecified atom stereocenters. The van der Waals surface area contributed by atoms with Gasteiger partial charge in [0.2, 0.25) is 0 Å². The van der Waals surface area contributed by atoms with Crippen molar-refractivity contribution >= 4 is 17.0 Å². The lowest BCUT2D eigenvalue weighted by atomic mass is 10.0. The molecular weight excluding hydrogens is 180 g/mol. The van der Waals surface area contributed by atoms with Crippen molar-refractivity contribution in [1.29, 1.82) is 0 Å². The predicted molar refractivity (Wildman–Crippen MR) is 59.9 cm³/mol. The highest BCUT2D eigenvalue weighted by Crippen LogP contribution is 2.19. The van der Waals surface area contributed by atoms with Gasteiger partial charge in [-0.05, 0) is 31.7 Å². The summed E-state index contributed by atoms with van der Waals surface area (Å²) in [6.07, 6.45) is 1.12. The van der Waals surface area contributed by atoms with Crippen molar-refractivity contribution in [2.45, 2.75) is 39.3 Å². The van der Waals surface area contributed by atoms with Crippen molar-refractivity contribution in [2.75, 3.05) is 5.73 Å². The number of nitrogen functional groups attached to an aromatic ring is 1. The molecule has 1 heterocycles. The molecule has 2 nitrogen and oxygen atoms in total. The Kier molecular flexibility index (Phi) is 3.33. The largest absolute Gasteiger partial charge is 0.398 e. The molecule has 0 fully saturated rings. The third-order valence-electron chi connectivity index (χ3n) is 2.39. The van der Waals surface area contributed by atoms with Gasteiger partial charge >= 0.3 is 0 Å². The summed E-state index contributed by atoms with van der Waals surface area (Å²) in [7, 11) is 0. The molecule has 0 amide bonds. The van der Waals surface area contributed by atoms with Crippen LogP contribution in [0.2, 0.25) is 0 Å². The monoisotopic (exact) mass is 198 g/mol. The second kappa shape index (κ2) is 4.11. The summed E-state index contributed by atoms with van der Waals surface area (Å²) in [6, 6.07) is 1.96. The van der Waals surface area contributed by atoms with Crippen LogP contribution in [0.15, 0.2) is 11.4 Å². The summed E-state index contributed by atoms with van der Waals surface area (Å²) in [5, 5.41) is 5.52. The van der Waals surface area contributed by atoms with Gasteiger partial charge in [-0.2, -0.15) is 0 Å². The van der Waals surface area contributed by atoms with Crippen molar-refractivity contribution in [1.82, 2.24) is 5.32 Å². The Bertz CT molecular complexity index is 266. The Morgan fingerprint density at radius 2 is 2.23 bits per heavy atom. The number of nitrogens with two attached hydrogens (primary N) is 1. The minimum Gasteiger partial charge on any atom is -0.398 e. The molecule has 0 bridgehead atoms. The molecule has 0 aliphatic rings. The van der Waals surface area contributed by atoms with Crippen LogP contribution in [0.5, 0.6) is 0 Å². The van der Waals surface area contributed by atoms with Crippen molar-refractivity contribution < 1.29 is 0 Å². The molecule has 0 aliphatic carbocycles. The van der Waals surface area contributed by atoms with Crippen LogP contribution in [0, 0.1) is 0 Å². The van der Waals surface area contributed by atoms with E-state index in [1.807, 2.05) is 11.4 Å². The Labute approximate surface area is 84.2 Å². The molecule has 0 saturated carbocycles. The molecule has 0 aromatic carbocycles. The number of anilines is 1. The maximum atomic E-state index is 5.78. The fourth-order valence-electron chi connectivity index (χ4n) is 0.939. The molecule has 1 rings (SSSR count). The van der Waals surface area contributed by atoms with E-state index in [2.05, 4.69) is 26.1 Å². The maximum Gasteiger partial charge on any atom is 0.0468 e. The smallest absolute Gasteiger partial charge is 0.0468 e. The second-order valence-corrected chi connectivity index (χ2v) is 4.89. The molecule has 1 aromatic heterocycles. The van der Waals surface area contributed by atoms with Crippen molar-refractivity contribution in [3.63, 3.8) is 0 Å². The van der Waals surface area contributed by atoms with Gasteiger partial charge in [0.25, 0.3) is 0 Å². The summed E-state index contributed by atoms with van der Waals surface area (Å²) in [5.74, 6) is 0. The molecule has 1 aromatic rings. The van der Waals surface area contributed by atoms with Crippen LogP contribution < -0.4 is 11.1 Å². The van der Waals surface area contributed by atoms with E-state index in [-0.39, 0.29) is 5.54 Å². The standard InChI is InChI=1S/C10H18N2S/c1-4-10(2,3)12-7-9-8(11)5-6-13-9/h5-6,12H,4,7,11H2,1-3H3. The lowest BCUT2D eigenvalue weighted by Crippen LogP contribution is -2.37. The van der Waals surface area contributed by atoms with Crippen LogP contribution in [0.3, 0.4) is 0 Å². The Hall–Kier alpha value is -0.540. The number of thiophene rings is 1. The molecule has 0 saturated heterocycles. The second-order valence-electron chi connectivity index (χ2n) is 3.89. The highest BCUT2D eigenvalue weighted by atomic mass is 32.1. The van der Waals surface area contributed by atoms with Gasteiger partial charge < -0.3 is 11.1 Å². The highest BCUT2D eigenvalue weighted by Gasteiger charge is 2.14. The van der Waals surface area contributed by atoms with Crippen molar-refractivity contribution in [3.8, 4) is 0 Å². The van der Waals surface area contributed by atoms with E-state index in [4.69, 9.17) is 5.73 Å². The zero-order chi connectivity index (χ0) is 9.90. The van der Waals surface area contributed by atoms with Gasteiger partial charge in [-0.1, -0.05) is 6.92 Å². The van der Waals surface area contributed by atoms with Crippen LogP contribution in [-0.4, -0.2) is 5.54 Å². The summed E-state index contributed by atoms with van der Waals surface area (Å²) in [5.41, 5.74) is 6.89. The van der Waals surface area contributed by atoms with Gasteiger partial charge in [0.1, 0.15) is 0 Å². The number of hydrogen-bond donors (Lipinski definition) is 2. The van der Waals surface area contributed by atoms with Gasteiger partial charge in [-0.15, -0.1) is 11.3 Å². The maximum absolute atomic E-state index is 5.78. The summed E-state index contributed by atoms with van der Waals surface area (Å²) in [4.78, 5) is 1.24. The number of nitrogens with one attached hydrogen (secondary N) is 1. The molecule has 0 aliphatic heterocycles. The minimum atomic E-state index is 0.205. The Morgan fingerprint density at radius 3 is 2.69 bits per heavy atom. The molecule has 3 N–H and O–H groups in total. The van der Waals surface area contributed by atoms with Gasteiger partial charge in [-0.25, -0.2) is 0 Å².